The zero-order valence-electron chi connectivity index (χ0n) is 13.9. The third-order valence-electron chi connectivity index (χ3n) is 4.53. The minimum atomic E-state index is -0.0887. The van der Waals surface area contributed by atoms with Gasteiger partial charge in [0.15, 0.2) is 6.29 Å². The summed E-state index contributed by atoms with van der Waals surface area (Å²) in [7, 11) is 0. The van der Waals surface area contributed by atoms with Gasteiger partial charge >= 0.3 is 0 Å². The van der Waals surface area contributed by atoms with Gasteiger partial charge in [0.25, 0.3) is 5.91 Å². The minimum Gasteiger partial charge on any atom is -0.507 e. The first-order valence-electron chi connectivity index (χ1n) is 8.46. The van der Waals surface area contributed by atoms with Crippen LogP contribution in [0.15, 0.2) is 48.5 Å². The molecule has 2 aromatic carbocycles. The first-order chi connectivity index (χ1) is 12.2. The Hall–Kier alpha value is -2.82. The Morgan fingerprint density at radius 3 is 2.76 bits per heavy atom. The van der Waals surface area contributed by atoms with E-state index in [2.05, 4.69) is 0 Å². The lowest BCUT2D eigenvalue weighted by Gasteiger charge is -2.25. The van der Waals surface area contributed by atoms with Crippen LogP contribution >= 0.6 is 0 Å². The molecule has 0 saturated carbocycles. The van der Waals surface area contributed by atoms with Crippen LogP contribution in [0.2, 0.25) is 0 Å². The lowest BCUT2D eigenvalue weighted by atomic mass is 10.1. The Morgan fingerprint density at radius 1 is 1.20 bits per heavy atom. The van der Waals surface area contributed by atoms with Crippen molar-refractivity contribution in [1.82, 2.24) is 4.90 Å². The third-order valence-corrected chi connectivity index (χ3v) is 4.53. The van der Waals surface area contributed by atoms with Crippen molar-refractivity contribution in [3.8, 4) is 11.5 Å². The van der Waals surface area contributed by atoms with E-state index in [4.69, 9.17) is 4.74 Å². The molecule has 1 saturated heterocycles. The first-order valence-corrected chi connectivity index (χ1v) is 8.46. The number of carbonyl (C=O) groups is 2. The van der Waals surface area contributed by atoms with Gasteiger partial charge in [-0.25, -0.2) is 0 Å². The van der Waals surface area contributed by atoms with Crippen LogP contribution in [0.4, 0.5) is 0 Å². The molecule has 25 heavy (non-hydrogen) atoms. The van der Waals surface area contributed by atoms with Crippen LogP contribution in [0, 0.1) is 0 Å². The van der Waals surface area contributed by atoms with Crippen LogP contribution in [0.3, 0.4) is 0 Å². The number of benzene rings is 2. The Balaban J connectivity index is 1.60. The van der Waals surface area contributed by atoms with E-state index >= 15 is 0 Å². The van der Waals surface area contributed by atoms with Crippen molar-refractivity contribution in [3.05, 3.63) is 59.7 Å². The molecule has 5 nitrogen and oxygen atoms in total. The number of phenols is 1. The van der Waals surface area contributed by atoms with Gasteiger partial charge in [0, 0.05) is 24.6 Å². The summed E-state index contributed by atoms with van der Waals surface area (Å²) in [5.74, 6) is 0.331. The summed E-state index contributed by atoms with van der Waals surface area (Å²) in [5.41, 5.74) is 0.859. The highest BCUT2D eigenvalue weighted by molar-refractivity contribution is 5.94. The highest BCUT2D eigenvalue weighted by Crippen LogP contribution is 2.27. The van der Waals surface area contributed by atoms with Crippen LogP contribution in [0.5, 0.6) is 11.5 Å². The first kappa shape index (κ1) is 17.0. The van der Waals surface area contributed by atoms with E-state index in [9.17, 15) is 14.7 Å². The van der Waals surface area contributed by atoms with Crippen molar-refractivity contribution in [2.45, 2.75) is 25.3 Å². The summed E-state index contributed by atoms with van der Waals surface area (Å²) < 4.78 is 5.68. The van der Waals surface area contributed by atoms with Crippen LogP contribution in [0.25, 0.3) is 0 Å². The van der Waals surface area contributed by atoms with Gasteiger partial charge in [0.05, 0.1) is 12.2 Å². The number of amides is 1. The van der Waals surface area contributed by atoms with Gasteiger partial charge in [0.2, 0.25) is 0 Å². The van der Waals surface area contributed by atoms with Crippen molar-refractivity contribution in [3.63, 3.8) is 0 Å². The fraction of sp³-hybridized carbons (Fsp3) is 0.300. The van der Waals surface area contributed by atoms with E-state index in [1.54, 1.807) is 12.1 Å². The average molecular weight is 339 g/mol. The monoisotopic (exact) mass is 339 g/mol. The molecular formula is C20H21NO4. The Bertz CT molecular complexity index is 745. The molecule has 1 fully saturated rings. The average Bonchev–Trinajstić information content (AvgIpc) is 3.10. The molecule has 0 aliphatic carbocycles. The number of nitrogens with zero attached hydrogens (tertiary/aromatic N) is 1. The van der Waals surface area contributed by atoms with Gasteiger partial charge < -0.3 is 14.7 Å². The largest absolute Gasteiger partial charge is 0.507 e. The second-order valence-corrected chi connectivity index (χ2v) is 6.10. The van der Waals surface area contributed by atoms with E-state index in [0.717, 1.165) is 19.4 Å². The highest BCUT2D eigenvalue weighted by Gasteiger charge is 2.29. The quantitative estimate of drug-likeness (QED) is 0.820. The number of phenolic OH excluding ortho intramolecular Hbond substituents is 1. The summed E-state index contributed by atoms with van der Waals surface area (Å²) in [4.78, 5) is 25.6. The fourth-order valence-corrected chi connectivity index (χ4v) is 3.23. The Morgan fingerprint density at radius 2 is 2.00 bits per heavy atom. The van der Waals surface area contributed by atoms with Crippen molar-refractivity contribution in [1.29, 1.82) is 0 Å². The second-order valence-electron chi connectivity index (χ2n) is 6.10. The SMILES string of the molecule is O=Cc1c(O)cccc1OCC[C@@H]1CCCN1C(=O)c1ccccc1. The number of carbonyl (C=O) groups excluding carboxylic acids is 2. The van der Waals surface area contributed by atoms with Crippen molar-refractivity contribution in [2.24, 2.45) is 0 Å². The van der Waals surface area contributed by atoms with Crippen molar-refractivity contribution in [2.75, 3.05) is 13.2 Å². The maximum Gasteiger partial charge on any atom is 0.254 e. The molecule has 1 heterocycles. The summed E-state index contributed by atoms with van der Waals surface area (Å²) >= 11 is 0. The number of aromatic hydroxyl groups is 1. The zero-order valence-corrected chi connectivity index (χ0v) is 13.9. The maximum absolute atomic E-state index is 12.6. The fourth-order valence-electron chi connectivity index (χ4n) is 3.23. The van der Waals surface area contributed by atoms with E-state index in [-0.39, 0.29) is 23.3 Å². The van der Waals surface area contributed by atoms with E-state index < -0.39 is 0 Å². The topological polar surface area (TPSA) is 66.8 Å². The molecule has 3 rings (SSSR count). The van der Waals surface area contributed by atoms with Gasteiger partial charge in [-0.3, -0.25) is 9.59 Å². The molecule has 130 valence electrons. The smallest absolute Gasteiger partial charge is 0.254 e. The van der Waals surface area contributed by atoms with Gasteiger partial charge in [-0.2, -0.15) is 0 Å². The zero-order chi connectivity index (χ0) is 17.6. The molecule has 0 unspecified atom stereocenters. The molecule has 2 aromatic rings. The third kappa shape index (κ3) is 3.82. The Labute approximate surface area is 146 Å². The summed E-state index contributed by atoms with van der Waals surface area (Å²) in [6, 6.07) is 14.2. The number of aldehydes is 1. The molecule has 5 heteroatoms. The molecule has 0 aromatic heterocycles. The second kappa shape index (κ2) is 7.83. The van der Waals surface area contributed by atoms with Crippen LogP contribution in [0.1, 0.15) is 40.0 Å². The van der Waals surface area contributed by atoms with E-state index in [0.29, 0.717) is 30.6 Å². The van der Waals surface area contributed by atoms with Crippen molar-refractivity contribution < 1.29 is 19.4 Å². The predicted molar refractivity (Wildman–Crippen MR) is 94.1 cm³/mol. The molecule has 0 bridgehead atoms. The standard InChI is InChI=1S/C20H21NO4/c22-14-17-18(23)9-4-10-19(17)25-13-11-16-8-5-12-21(16)20(24)15-6-2-1-3-7-15/h1-4,6-7,9-10,14,16,23H,5,8,11-13H2/t16-/m0/s1. The summed E-state index contributed by atoms with van der Waals surface area (Å²) in [5, 5.41) is 9.68. The van der Waals surface area contributed by atoms with Gasteiger partial charge in [-0.15, -0.1) is 0 Å². The summed E-state index contributed by atoms with van der Waals surface area (Å²) in [6.07, 6.45) is 3.20. The number of rotatable bonds is 6. The summed E-state index contributed by atoms with van der Waals surface area (Å²) in [6.45, 7) is 1.14. The highest BCUT2D eigenvalue weighted by atomic mass is 16.5. The normalized spacial score (nSPS) is 16.6. The molecule has 1 amide bonds. The van der Waals surface area contributed by atoms with Crippen LogP contribution in [-0.2, 0) is 0 Å². The molecule has 1 atom stereocenters. The molecule has 0 spiro atoms. The Kier molecular flexibility index (Phi) is 5.33. The number of hydrogen-bond acceptors (Lipinski definition) is 4. The molecule has 1 aliphatic heterocycles. The van der Waals surface area contributed by atoms with E-state index in [1.165, 1.54) is 6.07 Å². The van der Waals surface area contributed by atoms with Crippen molar-refractivity contribution >= 4 is 12.2 Å². The molecule has 1 aliphatic rings. The minimum absolute atomic E-state index is 0.0500. The van der Waals surface area contributed by atoms with Gasteiger partial charge in [-0.05, 0) is 37.1 Å². The predicted octanol–water partition coefficient (Wildman–Crippen LogP) is 3.28. The van der Waals surface area contributed by atoms with E-state index in [1.807, 2.05) is 35.2 Å². The maximum atomic E-state index is 12.6. The van der Waals surface area contributed by atoms with Gasteiger partial charge in [-0.1, -0.05) is 24.3 Å². The lowest BCUT2D eigenvalue weighted by Crippen LogP contribution is -2.36. The van der Waals surface area contributed by atoms with Gasteiger partial charge in [0.1, 0.15) is 11.5 Å². The number of hydrogen-bond donors (Lipinski definition) is 1. The number of likely N-dealkylation sites (tertiary alicyclic amines) is 1. The lowest BCUT2D eigenvalue weighted by molar-refractivity contribution is 0.0719. The van der Waals surface area contributed by atoms with Crippen LogP contribution < -0.4 is 4.74 Å². The molecule has 0 radical (unpaired) electrons. The molecular weight excluding hydrogens is 318 g/mol. The number of ether oxygens (including phenoxy) is 1. The molecule has 1 N–H and O–H groups in total. The van der Waals surface area contributed by atoms with Crippen LogP contribution in [-0.4, -0.2) is 41.4 Å².